The molecule has 0 bridgehead atoms. The number of ether oxygens (including phenoxy) is 2. The van der Waals surface area contributed by atoms with Crippen LogP contribution in [0.5, 0.6) is 5.75 Å². The lowest BCUT2D eigenvalue weighted by molar-refractivity contribution is 0.121. The predicted octanol–water partition coefficient (Wildman–Crippen LogP) is 5.10. The lowest BCUT2D eigenvalue weighted by Gasteiger charge is -2.26. The molecule has 2 aromatic rings. The Labute approximate surface area is 132 Å². The largest absolute Gasteiger partial charge is 0.513 e. The van der Waals surface area contributed by atoms with Crippen LogP contribution in [-0.4, -0.2) is 13.3 Å². The van der Waals surface area contributed by atoms with E-state index in [1.54, 1.807) is 12.1 Å². The van der Waals surface area contributed by atoms with Crippen LogP contribution in [0.3, 0.4) is 0 Å². The Morgan fingerprint density at radius 3 is 1.82 bits per heavy atom. The number of hydrogen-bond acceptors (Lipinski definition) is 3. The highest BCUT2D eigenvalue weighted by atomic mass is 16.7. The molecule has 22 heavy (non-hydrogen) atoms. The highest BCUT2D eigenvalue weighted by Crippen LogP contribution is 2.32. The van der Waals surface area contributed by atoms with E-state index in [0.29, 0.717) is 5.75 Å². The zero-order valence-electron chi connectivity index (χ0n) is 12.8. The van der Waals surface area contributed by atoms with Crippen molar-refractivity contribution in [3.8, 4) is 5.75 Å². The fourth-order valence-electron chi connectivity index (χ4n) is 2.21. The molecule has 0 amide bonds. The van der Waals surface area contributed by atoms with Gasteiger partial charge >= 0.3 is 6.16 Å². The summed E-state index contributed by atoms with van der Waals surface area (Å²) in [6, 6.07) is 16.0. The Hall–Kier alpha value is -2.29. The number of benzene rings is 2. The van der Waals surface area contributed by atoms with Gasteiger partial charge in [-0.05, 0) is 30.2 Å². The standard InChI is InChI=1S/C18H20O3.CH4/c1-13-5-7-14(8-6-13)18(2,3)15-9-11-16(12-10-15)21-17(19)20-4;/h5-12H,1-4H3;1H4. The summed E-state index contributed by atoms with van der Waals surface area (Å²) < 4.78 is 9.46. The Morgan fingerprint density at radius 1 is 0.909 bits per heavy atom. The van der Waals surface area contributed by atoms with E-state index in [0.717, 1.165) is 5.56 Å². The van der Waals surface area contributed by atoms with Crippen molar-refractivity contribution in [1.82, 2.24) is 0 Å². The Kier molecular flexibility index (Phi) is 5.75. The number of hydrogen-bond donors (Lipinski definition) is 0. The average Bonchev–Trinajstić information content (AvgIpc) is 2.48. The summed E-state index contributed by atoms with van der Waals surface area (Å²) >= 11 is 0. The molecule has 2 aromatic carbocycles. The van der Waals surface area contributed by atoms with Gasteiger partial charge < -0.3 is 9.47 Å². The van der Waals surface area contributed by atoms with Crippen LogP contribution >= 0.6 is 0 Å². The Balaban J connectivity index is 0.00000242. The summed E-state index contributed by atoms with van der Waals surface area (Å²) in [6.45, 7) is 6.43. The van der Waals surface area contributed by atoms with Crippen molar-refractivity contribution in [2.75, 3.05) is 7.11 Å². The molecule has 3 heteroatoms. The number of rotatable bonds is 3. The molecule has 0 aliphatic rings. The number of carbonyl (C=O) groups excluding carboxylic acids is 1. The van der Waals surface area contributed by atoms with Crippen LogP contribution in [0.2, 0.25) is 0 Å². The van der Waals surface area contributed by atoms with Gasteiger partial charge in [0.2, 0.25) is 0 Å². The van der Waals surface area contributed by atoms with Gasteiger partial charge in [-0.15, -0.1) is 0 Å². The summed E-state index contributed by atoms with van der Waals surface area (Å²) in [5.41, 5.74) is 3.53. The van der Waals surface area contributed by atoms with E-state index in [1.165, 1.54) is 18.2 Å². The van der Waals surface area contributed by atoms with Gasteiger partial charge in [0.05, 0.1) is 7.11 Å². The minimum absolute atomic E-state index is 0. The van der Waals surface area contributed by atoms with Crippen LogP contribution in [0, 0.1) is 6.92 Å². The Morgan fingerprint density at radius 2 is 1.36 bits per heavy atom. The van der Waals surface area contributed by atoms with Gasteiger partial charge in [-0.1, -0.05) is 63.2 Å². The lowest BCUT2D eigenvalue weighted by Crippen LogP contribution is -2.18. The molecule has 118 valence electrons. The van der Waals surface area contributed by atoms with Crippen LogP contribution in [0.25, 0.3) is 0 Å². The van der Waals surface area contributed by atoms with E-state index in [1.807, 2.05) is 12.1 Å². The molecule has 0 radical (unpaired) electrons. The molecule has 0 N–H and O–H groups in total. The maximum atomic E-state index is 11.1. The highest BCUT2D eigenvalue weighted by Gasteiger charge is 2.23. The molecule has 0 atom stereocenters. The highest BCUT2D eigenvalue weighted by molar-refractivity contribution is 5.63. The van der Waals surface area contributed by atoms with Crippen LogP contribution in [0.4, 0.5) is 4.79 Å². The van der Waals surface area contributed by atoms with E-state index in [9.17, 15) is 4.79 Å². The molecule has 0 spiro atoms. The lowest BCUT2D eigenvalue weighted by atomic mass is 9.78. The number of methoxy groups -OCH3 is 1. The molecular weight excluding hydrogens is 276 g/mol. The van der Waals surface area contributed by atoms with Crippen molar-refractivity contribution in [1.29, 1.82) is 0 Å². The van der Waals surface area contributed by atoms with E-state index >= 15 is 0 Å². The van der Waals surface area contributed by atoms with Gasteiger partial charge in [-0.2, -0.15) is 0 Å². The summed E-state index contributed by atoms with van der Waals surface area (Å²) in [7, 11) is 1.29. The van der Waals surface area contributed by atoms with E-state index in [-0.39, 0.29) is 12.8 Å². The molecule has 0 unspecified atom stereocenters. The molecule has 2 rings (SSSR count). The average molecular weight is 300 g/mol. The fourth-order valence-corrected chi connectivity index (χ4v) is 2.21. The van der Waals surface area contributed by atoms with Crippen molar-refractivity contribution in [2.45, 2.75) is 33.6 Å². The fraction of sp³-hybridized carbons (Fsp3) is 0.316. The zero-order chi connectivity index (χ0) is 15.5. The van der Waals surface area contributed by atoms with Crippen molar-refractivity contribution in [2.24, 2.45) is 0 Å². The van der Waals surface area contributed by atoms with Gasteiger partial charge in [0.1, 0.15) is 5.75 Å². The zero-order valence-corrected chi connectivity index (χ0v) is 12.8. The van der Waals surface area contributed by atoms with Crippen molar-refractivity contribution in [3.63, 3.8) is 0 Å². The molecule has 0 saturated carbocycles. The first kappa shape index (κ1) is 17.8. The van der Waals surface area contributed by atoms with E-state index < -0.39 is 6.16 Å². The van der Waals surface area contributed by atoms with Gasteiger partial charge in [-0.3, -0.25) is 0 Å². The van der Waals surface area contributed by atoms with Gasteiger partial charge in [0.15, 0.2) is 0 Å². The number of aryl methyl sites for hydroxylation is 1. The van der Waals surface area contributed by atoms with Crippen molar-refractivity contribution in [3.05, 3.63) is 65.2 Å². The molecule has 0 aliphatic carbocycles. The van der Waals surface area contributed by atoms with Crippen LogP contribution in [0.15, 0.2) is 48.5 Å². The smallest absolute Gasteiger partial charge is 0.437 e. The van der Waals surface area contributed by atoms with E-state index in [4.69, 9.17) is 4.74 Å². The van der Waals surface area contributed by atoms with Gasteiger partial charge in [0, 0.05) is 5.41 Å². The first-order valence-corrected chi connectivity index (χ1v) is 6.87. The van der Waals surface area contributed by atoms with Crippen LogP contribution in [0.1, 0.15) is 38.0 Å². The van der Waals surface area contributed by atoms with Crippen molar-refractivity contribution < 1.29 is 14.3 Å². The summed E-state index contributed by atoms with van der Waals surface area (Å²) in [6.07, 6.45) is -0.708. The predicted molar refractivity (Wildman–Crippen MR) is 89.5 cm³/mol. The third-order valence-electron chi connectivity index (χ3n) is 3.72. The summed E-state index contributed by atoms with van der Waals surface area (Å²) in [5, 5.41) is 0. The second-order valence-electron chi connectivity index (χ2n) is 5.57. The van der Waals surface area contributed by atoms with Gasteiger partial charge in [0.25, 0.3) is 0 Å². The second kappa shape index (κ2) is 7.12. The first-order chi connectivity index (χ1) is 9.93. The molecule has 0 fully saturated rings. The maximum Gasteiger partial charge on any atom is 0.513 e. The van der Waals surface area contributed by atoms with Crippen LogP contribution in [-0.2, 0) is 10.2 Å². The Bertz CT molecular complexity index is 610. The molecule has 0 heterocycles. The minimum atomic E-state index is -0.708. The first-order valence-electron chi connectivity index (χ1n) is 6.87. The second-order valence-corrected chi connectivity index (χ2v) is 5.57. The molecule has 3 nitrogen and oxygen atoms in total. The maximum absolute atomic E-state index is 11.1. The number of carbonyl (C=O) groups is 1. The minimum Gasteiger partial charge on any atom is -0.437 e. The van der Waals surface area contributed by atoms with Crippen molar-refractivity contribution >= 4 is 6.16 Å². The third-order valence-corrected chi connectivity index (χ3v) is 3.72. The van der Waals surface area contributed by atoms with Crippen LogP contribution < -0.4 is 4.74 Å². The molecule has 0 aliphatic heterocycles. The molecule has 0 saturated heterocycles. The summed E-state index contributed by atoms with van der Waals surface area (Å²) in [4.78, 5) is 11.1. The molecular formula is C19H24O3. The van der Waals surface area contributed by atoms with Gasteiger partial charge in [-0.25, -0.2) is 4.79 Å². The normalized spacial score (nSPS) is 10.5. The van der Waals surface area contributed by atoms with E-state index in [2.05, 4.69) is 49.8 Å². The third kappa shape index (κ3) is 3.88. The monoisotopic (exact) mass is 300 g/mol. The summed E-state index contributed by atoms with van der Waals surface area (Å²) in [5.74, 6) is 0.477. The SMILES string of the molecule is C.COC(=O)Oc1ccc(C(C)(C)c2ccc(C)cc2)cc1. The molecule has 0 aromatic heterocycles. The quantitative estimate of drug-likeness (QED) is 0.584. The topological polar surface area (TPSA) is 35.5 Å².